The Balaban J connectivity index is 1.62. The van der Waals surface area contributed by atoms with Crippen molar-refractivity contribution in [3.8, 4) is 0 Å². The first kappa shape index (κ1) is 16.3. The minimum absolute atomic E-state index is 0.0995. The number of carbonyl (C=O) groups excluding carboxylic acids is 1. The Kier molecular flexibility index (Phi) is 6.54. The van der Waals surface area contributed by atoms with Crippen molar-refractivity contribution in [3.63, 3.8) is 0 Å². The zero-order valence-corrected chi connectivity index (χ0v) is 13.6. The molecule has 0 bridgehead atoms. The summed E-state index contributed by atoms with van der Waals surface area (Å²) in [6, 6.07) is 10.6. The quantitative estimate of drug-likeness (QED) is 0.534. The fourth-order valence-electron chi connectivity index (χ4n) is 2.50. The summed E-state index contributed by atoms with van der Waals surface area (Å²) in [6.07, 6.45) is 1.97. The number of benzene rings is 1. The lowest BCUT2D eigenvalue weighted by molar-refractivity contribution is -0.122. The van der Waals surface area contributed by atoms with Gasteiger partial charge in [0.15, 0.2) is 0 Å². The van der Waals surface area contributed by atoms with Gasteiger partial charge in [-0.1, -0.05) is 32.0 Å². The lowest BCUT2D eigenvalue weighted by Gasteiger charge is -2.11. The van der Waals surface area contributed by atoms with E-state index in [1.165, 1.54) is 4.90 Å². The normalized spacial score (nSPS) is 21.7. The monoisotopic (exact) mass is 307 g/mol. The van der Waals surface area contributed by atoms with Crippen molar-refractivity contribution in [1.82, 2.24) is 16.2 Å². The molecule has 1 aliphatic heterocycles. The highest BCUT2D eigenvalue weighted by atomic mass is 32.2. The predicted molar refractivity (Wildman–Crippen MR) is 88.1 cm³/mol. The van der Waals surface area contributed by atoms with Crippen molar-refractivity contribution in [2.24, 2.45) is 5.92 Å². The maximum absolute atomic E-state index is 12.1. The van der Waals surface area contributed by atoms with E-state index < -0.39 is 0 Å². The molecule has 0 radical (unpaired) electrons. The molecule has 4 nitrogen and oxygen atoms in total. The third kappa shape index (κ3) is 5.69. The Morgan fingerprint density at radius 2 is 2.10 bits per heavy atom. The van der Waals surface area contributed by atoms with Crippen LogP contribution in [0, 0.1) is 5.92 Å². The molecule has 5 heteroatoms. The van der Waals surface area contributed by atoms with Crippen LogP contribution < -0.4 is 16.2 Å². The smallest absolute Gasteiger partial charge is 0.238 e. The summed E-state index contributed by atoms with van der Waals surface area (Å²) in [4.78, 5) is 13.3. The molecule has 0 spiro atoms. The van der Waals surface area contributed by atoms with Crippen molar-refractivity contribution in [2.75, 3.05) is 12.3 Å². The molecule has 2 rings (SSSR count). The van der Waals surface area contributed by atoms with Gasteiger partial charge in [-0.05, 0) is 30.9 Å². The van der Waals surface area contributed by atoms with Gasteiger partial charge in [-0.15, -0.1) is 11.8 Å². The maximum Gasteiger partial charge on any atom is 0.238 e. The lowest BCUT2D eigenvalue weighted by Crippen LogP contribution is -2.44. The van der Waals surface area contributed by atoms with Gasteiger partial charge in [-0.25, -0.2) is 5.43 Å². The van der Waals surface area contributed by atoms with Crippen LogP contribution in [-0.2, 0) is 4.79 Å². The minimum atomic E-state index is -0.101. The molecular weight excluding hydrogens is 282 g/mol. The van der Waals surface area contributed by atoms with Crippen LogP contribution >= 0.6 is 11.8 Å². The average molecular weight is 307 g/mol. The van der Waals surface area contributed by atoms with E-state index in [2.05, 4.69) is 42.1 Å². The molecule has 1 heterocycles. The Bertz CT molecular complexity index is 438. The van der Waals surface area contributed by atoms with Crippen LogP contribution in [0.4, 0.5) is 0 Å². The SMILES string of the molecule is CC(C)CC1CC(C(=O)NCCSc2ccccc2)NN1. The summed E-state index contributed by atoms with van der Waals surface area (Å²) in [5.74, 6) is 1.64. The molecule has 3 N–H and O–H groups in total. The summed E-state index contributed by atoms with van der Waals surface area (Å²) in [5, 5.41) is 3.01. The maximum atomic E-state index is 12.1. The Hall–Kier alpha value is -1.04. The van der Waals surface area contributed by atoms with Crippen molar-refractivity contribution >= 4 is 17.7 Å². The van der Waals surface area contributed by atoms with Crippen molar-refractivity contribution in [2.45, 2.75) is 43.7 Å². The van der Waals surface area contributed by atoms with Crippen molar-refractivity contribution in [3.05, 3.63) is 30.3 Å². The molecule has 1 aromatic carbocycles. The van der Waals surface area contributed by atoms with E-state index in [0.717, 1.165) is 18.6 Å². The highest BCUT2D eigenvalue weighted by Gasteiger charge is 2.29. The third-order valence-corrected chi connectivity index (χ3v) is 4.48. The van der Waals surface area contributed by atoms with Crippen LogP contribution in [0.25, 0.3) is 0 Å². The van der Waals surface area contributed by atoms with Gasteiger partial charge >= 0.3 is 0 Å². The number of nitrogens with one attached hydrogen (secondary N) is 3. The van der Waals surface area contributed by atoms with E-state index in [9.17, 15) is 4.79 Å². The highest BCUT2D eigenvalue weighted by molar-refractivity contribution is 7.99. The van der Waals surface area contributed by atoms with Crippen molar-refractivity contribution in [1.29, 1.82) is 0 Å². The fraction of sp³-hybridized carbons (Fsp3) is 0.562. The van der Waals surface area contributed by atoms with Gasteiger partial charge in [0.25, 0.3) is 0 Å². The summed E-state index contributed by atoms with van der Waals surface area (Å²) in [5.41, 5.74) is 6.32. The lowest BCUT2D eigenvalue weighted by atomic mass is 10.00. The highest BCUT2D eigenvalue weighted by Crippen LogP contribution is 2.16. The van der Waals surface area contributed by atoms with Crippen LogP contribution in [0.2, 0.25) is 0 Å². The van der Waals surface area contributed by atoms with Gasteiger partial charge in [0.1, 0.15) is 6.04 Å². The Morgan fingerprint density at radius 3 is 2.81 bits per heavy atom. The number of hydrogen-bond acceptors (Lipinski definition) is 4. The standard InChI is InChI=1S/C16H25N3OS/c1-12(2)10-13-11-15(19-18-13)16(20)17-8-9-21-14-6-4-3-5-7-14/h3-7,12-13,15,18-19H,8-11H2,1-2H3,(H,17,20). The fourth-order valence-corrected chi connectivity index (χ4v) is 3.29. The first-order chi connectivity index (χ1) is 10.1. The third-order valence-electron chi connectivity index (χ3n) is 3.47. The number of rotatable bonds is 7. The first-order valence-electron chi connectivity index (χ1n) is 7.61. The number of hydrazine groups is 1. The zero-order chi connectivity index (χ0) is 15.1. The molecule has 0 saturated carbocycles. The summed E-state index contributed by atoms with van der Waals surface area (Å²) < 4.78 is 0. The number of thioether (sulfide) groups is 1. The van der Waals surface area contributed by atoms with E-state index in [1.807, 2.05) is 18.2 Å². The van der Waals surface area contributed by atoms with Gasteiger partial charge < -0.3 is 5.32 Å². The van der Waals surface area contributed by atoms with Crippen LogP contribution in [0.1, 0.15) is 26.7 Å². The topological polar surface area (TPSA) is 53.2 Å². The molecule has 0 aromatic heterocycles. The molecule has 2 atom stereocenters. The van der Waals surface area contributed by atoms with E-state index >= 15 is 0 Å². The van der Waals surface area contributed by atoms with Crippen LogP contribution in [0.5, 0.6) is 0 Å². The van der Waals surface area contributed by atoms with Crippen LogP contribution in [0.3, 0.4) is 0 Å². The second kappa shape index (κ2) is 8.41. The second-order valence-electron chi connectivity index (χ2n) is 5.86. The van der Waals surface area contributed by atoms with E-state index in [1.54, 1.807) is 11.8 Å². The molecule has 116 valence electrons. The Labute approximate surface area is 131 Å². The summed E-state index contributed by atoms with van der Waals surface area (Å²) in [6.45, 7) is 5.11. The number of carbonyl (C=O) groups is 1. The predicted octanol–water partition coefficient (Wildman–Crippen LogP) is 2.18. The number of amides is 1. The van der Waals surface area contributed by atoms with Gasteiger partial charge in [-0.2, -0.15) is 0 Å². The van der Waals surface area contributed by atoms with Crippen molar-refractivity contribution < 1.29 is 4.79 Å². The second-order valence-corrected chi connectivity index (χ2v) is 7.02. The molecule has 2 unspecified atom stereocenters. The van der Waals surface area contributed by atoms with E-state index in [0.29, 0.717) is 18.5 Å². The summed E-state index contributed by atoms with van der Waals surface area (Å²) in [7, 11) is 0. The van der Waals surface area contributed by atoms with E-state index in [-0.39, 0.29) is 11.9 Å². The van der Waals surface area contributed by atoms with Gasteiger partial charge in [0, 0.05) is 23.2 Å². The van der Waals surface area contributed by atoms with Gasteiger partial charge in [0.2, 0.25) is 5.91 Å². The molecule has 1 aliphatic rings. The first-order valence-corrected chi connectivity index (χ1v) is 8.60. The molecular formula is C16H25N3OS. The molecule has 1 fully saturated rings. The zero-order valence-electron chi connectivity index (χ0n) is 12.8. The number of hydrogen-bond donors (Lipinski definition) is 3. The van der Waals surface area contributed by atoms with Gasteiger partial charge in [0.05, 0.1) is 0 Å². The van der Waals surface area contributed by atoms with Crippen LogP contribution in [-0.4, -0.2) is 30.3 Å². The largest absolute Gasteiger partial charge is 0.354 e. The minimum Gasteiger partial charge on any atom is -0.354 e. The molecule has 1 saturated heterocycles. The molecule has 1 aromatic rings. The van der Waals surface area contributed by atoms with Crippen LogP contribution in [0.15, 0.2) is 35.2 Å². The molecule has 0 aliphatic carbocycles. The van der Waals surface area contributed by atoms with E-state index in [4.69, 9.17) is 0 Å². The van der Waals surface area contributed by atoms with Gasteiger partial charge in [-0.3, -0.25) is 10.2 Å². The average Bonchev–Trinajstić information content (AvgIpc) is 2.92. The molecule has 1 amide bonds. The Morgan fingerprint density at radius 1 is 1.33 bits per heavy atom. The summed E-state index contributed by atoms with van der Waals surface area (Å²) >= 11 is 1.76. The molecule has 21 heavy (non-hydrogen) atoms.